The highest BCUT2D eigenvalue weighted by Crippen LogP contribution is 2.16. The zero-order chi connectivity index (χ0) is 15.0. The number of rotatable bonds is 7. The van der Waals surface area contributed by atoms with E-state index in [-0.39, 0.29) is 35.5 Å². The van der Waals surface area contributed by atoms with Crippen molar-refractivity contribution in [2.24, 2.45) is 4.99 Å². The maximum absolute atomic E-state index is 11.4. The Morgan fingerprint density at radius 3 is 2.67 bits per heavy atom. The zero-order valence-corrected chi connectivity index (χ0v) is 16.6. The molecule has 0 saturated heterocycles. The summed E-state index contributed by atoms with van der Waals surface area (Å²) >= 11 is 1.69. The van der Waals surface area contributed by atoms with Gasteiger partial charge in [-0.1, -0.05) is 13.8 Å². The van der Waals surface area contributed by atoms with Crippen molar-refractivity contribution in [3.8, 4) is 0 Å². The van der Waals surface area contributed by atoms with Gasteiger partial charge in [0.25, 0.3) is 0 Å². The van der Waals surface area contributed by atoms with Crippen LogP contribution in [0.3, 0.4) is 0 Å². The second kappa shape index (κ2) is 10.4. The smallest absolute Gasteiger partial charge is 0.191 e. The van der Waals surface area contributed by atoms with Crippen molar-refractivity contribution in [1.29, 1.82) is 0 Å². The van der Waals surface area contributed by atoms with Crippen molar-refractivity contribution >= 4 is 51.1 Å². The molecule has 0 fully saturated rings. The van der Waals surface area contributed by atoms with Gasteiger partial charge in [-0.15, -0.1) is 24.0 Å². The standard InChI is InChI=1S/C13H23N3O2S2.HI/c1-4-20(17,18)8-6-15-13(14-3)16-9-11(2)12-5-7-19-10-12;/h5,7,10-11H,4,6,8-9H2,1-3H3,(H2,14,15,16);1H. The Bertz CT molecular complexity index is 516. The average molecular weight is 445 g/mol. The zero-order valence-electron chi connectivity index (χ0n) is 12.6. The van der Waals surface area contributed by atoms with Crippen molar-refractivity contribution < 1.29 is 8.42 Å². The highest BCUT2D eigenvalue weighted by atomic mass is 127. The Morgan fingerprint density at radius 2 is 2.14 bits per heavy atom. The Hall–Kier alpha value is -0.350. The number of nitrogens with zero attached hydrogens (tertiary/aromatic N) is 1. The molecular formula is C13H24IN3O2S2. The van der Waals surface area contributed by atoms with Gasteiger partial charge in [-0.05, 0) is 28.3 Å². The topological polar surface area (TPSA) is 70.6 Å². The predicted molar refractivity (Wildman–Crippen MR) is 102 cm³/mol. The third kappa shape index (κ3) is 8.01. The first-order chi connectivity index (χ1) is 9.48. The normalized spacial score (nSPS) is 13.4. The van der Waals surface area contributed by atoms with Crippen LogP contribution in [-0.2, 0) is 9.84 Å². The molecular weight excluding hydrogens is 421 g/mol. The fourth-order valence-electron chi connectivity index (χ4n) is 1.61. The van der Waals surface area contributed by atoms with Gasteiger partial charge >= 0.3 is 0 Å². The van der Waals surface area contributed by atoms with E-state index in [1.807, 2.05) is 0 Å². The minimum absolute atomic E-state index is 0. The third-order valence-corrected chi connectivity index (χ3v) is 5.46. The van der Waals surface area contributed by atoms with Crippen LogP contribution in [0.4, 0.5) is 0 Å². The van der Waals surface area contributed by atoms with Crippen LogP contribution in [0.15, 0.2) is 21.8 Å². The number of hydrogen-bond donors (Lipinski definition) is 2. The lowest BCUT2D eigenvalue weighted by atomic mass is 10.1. The van der Waals surface area contributed by atoms with E-state index < -0.39 is 9.84 Å². The van der Waals surface area contributed by atoms with E-state index >= 15 is 0 Å². The highest BCUT2D eigenvalue weighted by Gasteiger charge is 2.09. The minimum Gasteiger partial charge on any atom is -0.356 e. The first-order valence-electron chi connectivity index (χ1n) is 6.65. The highest BCUT2D eigenvalue weighted by molar-refractivity contribution is 14.0. The fraction of sp³-hybridized carbons (Fsp3) is 0.615. The molecule has 5 nitrogen and oxygen atoms in total. The monoisotopic (exact) mass is 445 g/mol. The van der Waals surface area contributed by atoms with Crippen LogP contribution in [0.2, 0.25) is 0 Å². The predicted octanol–water partition coefficient (Wildman–Crippen LogP) is 2.07. The molecule has 0 aliphatic heterocycles. The van der Waals surface area contributed by atoms with Gasteiger partial charge in [0.1, 0.15) is 0 Å². The van der Waals surface area contributed by atoms with Gasteiger partial charge in [-0.2, -0.15) is 11.3 Å². The van der Waals surface area contributed by atoms with Gasteiger partial charge in [0.05, 0.1) is 5.75 Å². The summed E-state index contributed by atoms with van der Waals surface area (Å²) in [7, 11) is -1.25. The molecule has 0 amide bonds. The maximum Gasteiger partial charge on any atom is 0.191 e. The molecule has 0 radical (unpaired) electrons. The number of nitrogens with one attached hydrogen (secondary N) is 2. The van der Waals surface area contributed by atoms with Crippen LogP contribution >= 0.6 is 35.3 Å². The van der Waals surface area contributed by atoms with Crippen LogP contribution < -0.4 is 10.6 Å². The number of aliphatic imine (C=N–C) groups is 1. The van der Waals surface area contributed by atoms with E-state index in [1.165, 1.54) is 5.56 Å². The summed E-state index contributed by atoms with van der Waals surface area (Å²) in [5.74, 6) is 1.33. The Labute approximate surface area is 148 Å². The van der Waals surface area contributed by atoms with Gasteiger partial charge in [-0.3, -0.25) is 4.99 Å². The first kappa shape index (κ1) is 20.6. The van der Waals surface area contributed by atoms with E-state index in [1.54, 1.807) is 25.3 Å². The molecule has 1 heterocycles. The molecule has 2 N–H and O–H groups in total. The van der Waals surface area contributed by atoms with Gasteiger partial charge < -0.3 is 10.6 Å². The van der Waals surface area contributed by atoms with Crippen molar-refractivity contribution in [3.63, 3.8) is 0 Å². The summed E-state index contributed by atoms with van der Waals surface area (Å²) in [5.41, 5.74) is 1.30. The summed E-state index contributed by atoms with van der Waals surface area (Å²) in [6.45, 7) is 4.94. The summed E-state index contributed by atoms with van der Waals surface area (Å²) in [5, 5.41) is 10.4. The van der Waals surface area contributed by atoms with E-state index in [0.717, 1.165) is 6.54 Å². The largest absolute Gasteiger partial charge is 0.356 e. The van der Waals surface area contributed by atoms with E-state index in [4.69, 9.17) is 0 Å². The van der Waals surface area contributed by atoms with E-state index in [0.29, 0.717) is 18.4 Å². The second-order valence-corrected chi connectivity index (χ2v) is 7.83. The maximum atomic E-state index is 11.4. The van der Waals surface area contributed by atoms with Gasteiger partial charge in [-0.25, -0.2) is 8.42 Å². The van der Waals surface area contributed by atoms with E-state index in [9.17, 15) is 8.42 Å². The molecule has 8 heteroatoms. The number of halogens is 1. The van der Waals surface area contributed by atoms with Crippen molar-refractivity contribution in [1.82, 2.24) is 10.6 Å². The summed E-state index contributed by atoms with van der Waals surface area (Å²) in [6.07, 6.45) is 0. The van der Waals surface area contributed by atoms with Crippen LogP contribution in [0, 0.1) is 0 Å². The number of thiophene rings is 1. The SMILES string of the molecule is CCS(=O)(=O)CCNC(=NC)NCC(C)c1ccsc1.I. The van der Waals surface area contributed by atoms with Crippen LogP contribution in [0.5, 0.6) is 0 Å². The first-order valence-corrected chi connectivity index (χ1v) is 9.42. The number of sulfone groups is 1. The van der Waals surface area contributed by atoms with E-state index in [2.05, 4.69) is 39.4 Å². The molecule has 0 spiro atoms. The molecule has 1 aromatic rings. The fourth-order valence-corrected chi connectivity index (χ4v) is 3.10. The third-order valence-electron chi connectivity index (χ3n) is 3.06. The van der Waals surface area contributed by atoms with Gasteiger partial charge in [0, 0.05) is 25.9 Å². The second-order valence-electron chi connectivity index (χ2n) is 4.57. The van der Waals surface area contributed by atoms with Crippen molar-refractivity contribution in [2.45, 2.75) is 19.8 Å². The Balaban J connectivity index is 0.00000400. The molecule has 21 heavy (non-hydrogen) atoms. The van der Waals surface area contributed by atoms with Crippen molar-refractivity contribution in [3.05, 3.63) is 22.4 Å². The Kier molecular flexibility index (Phi) is 10.2. The molecule has 1 unspecified atom stereocenters. The number of guanidine groups is 1. The molecule has 122 valence electrons. The molecule has 0 saturated carbocycles. The van der Waals surface area contributed by atoms with Crippen molar-refractivity contribution in [2.75, 3.05) is 31.6 Å². The van der Waals surface area contributed by atoms with Gasteiger partial charge in [0.2, 0.25) is 0 Å². The molecule has 0 aliphatic rings. The van der Waals surface area contributed by atoms with Crippen LogP contribution in [-0.4, -0.2) is 46.0 Å². The minimum atomic E-state index is -2.93. The number of hydrogen-bond acceptors (Lipinski definition) is 4. The molecule has 0 aliphatic carbocycles. The molecule has 1 aromatic heterocycles. The summed E-state index contributed by atoms with van der Waals surface area (Å²) in [4.78, 5) is 4.09. The summed E-state index contributed by atoms with van der Waals surface area (Å²) < 4.78 is 22.8. The lowest BCUT2D eigenvalue weighted by Crippen LogP contribution is -2.41. The van der Waals surface area contributed by atoms with Crippen LogP contribution in [0.25, 0.3) is 0 Å². The van der Waals surface area contributed by atoms with Gasteiger partial charge in [0.15, 0.2) is 15.8 Å². The molecule has 0 bridgehead atoms. The lowest BCUT2D eigenvalue weighted by Gasteiger charge is -2.15. The molecule has 1 atom stereocenters. The van der Waals surface area contributed by atoms with Crippen LogP contribution in [0.1, 0.15) is 25.3 Å². The Morgan fingerprint density at radius 1 is 1.43 bits per heavy atom. The lowest BCUT2D eigenvalue weighted by molar-refractivity contribution is 0.595. The summed E-state index contributed by atoms with van der Waals surface area (Å²) in [6, 6.07) is 2.11. The molecule has 0 aromatic carbocycles. The quantitative estimate of drug-likeness (QED) is 0.383. The molecule has 1 rings (SSSR count). The average Bonchev–Trinajstić information content (AvgIpc) is 2.96.